The average Bonchev–Trinajstić information content (AvgIpc) is 2.38. The van der Waals surface area contributed by atoms with Crippen molar-refractivity contribution >= 4 is 35.1 Å². The number of carbonyl (C=O) groups is 2. The summed E-state index contributed by atoms with van der Waals surface area (Å²) in [5.41, 5.74) is 0. The molecule has 1 aromatic rings. The van der Waals surface area contributed by atoms with Gasteiger partial charge in [0.25, 0.3) is 5.91 Å². The molecule has 0 saturated heterocycles. The number of hydrogen-bond donors (Lipinski definition) is 2. The summed E-state index contributed by atoms with van der Waals surface area (Å²) in [4.78, 5) is 22.7. The summed E-state index contributed by atoms with van der Waals surface area (Å²) >= 11 is 11.6. The topological polar surface area (TPSA) is 76.7 Å². The Balaban J connectivity index is 2.34. The standard InChI is InChI=1S/C12H14Cl2N2O4/c1-19-5-4-15-12(18)16-11(17)7-20-10-3-2-8(13)6-9(10)14/h2-3,6H,4-5,7H2,1H3,(H2,15,16,17,18). The van der Waals surface area contributed by atoms with E-state index in [1.165, 1.54) is 19.2 Å². The summed E-state index contributed by atoms with van der Waals surface area (Å²) in [5.74, 6) is -0.281. The molecular formula is C12H14Cl2N2O4. The van der Waals surface area contributed by atoms with Crippen LogP contribution < -0.4 is 15.4 Å². The fourth-order valence-electron chi connectivity index (χ4n) is 1.21. The minimum Gasteiger partial charge on any atom is -0.482 e. The summed E-state index contributed by atoms with van der Waals surface area (Å²) in [7, 11) is 1.51. The second kappa shape index (κ2) is 8.63. The first-order valence-electron chi connectivity index (χ1n) is 5.67. The highest BCUT2D eigenvalue weighted by molar-refractivity contribution is 6.35. The predicted molar refractivity (Wildman–Crippen MR) is 75.4 cm³/mol. The van der Waals surface area contributed by atoms with E-state index in [0.717, 1.165) is 0 Å². The fraction of sp³-hybridized carbons (Fsp3) is 0.333. The van der Waals surface area contributed by atoms with E-state index in [1.807, 2.05) is 0 Å². The van der Waals surface area contributed by atoms with E-state index in [4.69, 9.17) is 32.7 Å². The van der Waals surface area contributed by atoms with Gasteiger partial charge in [0.1, 0.15) is 5.75 Å². The Bertz CT molecular complexity index is 483. The van der Waals surface area contributed by atoms with E-state index in [9.17, 15) is 9.59 Å². The van der Waals surface area contributed by atoms with E-state index in [1.54, 1.807) is 6.07 Å². The van der Waals surface area contributed by atoms with Crippen molar-refractivity contribution in [3.8, 4) is 5.75 Å². The summed E-state index contributed by atoms with van der Waals surface area (Å²) in [6.07, 6.45) is 0. The van der Waals surface area contributed by atoms with Crippen molar-refractivity contribution in [2.45, 2.75) is 0 Å². The Hall–Kier alpha value is -1.50. The summed E-state index contributed by atoms with van der Waals surface area (Å²) in [6, 6.07) is 4.00. The van der Waals surface area contributed by atoms with Gasteiger partial charge in [-0.1, -0.05) is 23.2 Å². The van der Waals surface area contributed by atoms with Gasteiger partial charge in [0.2, 0.25) is 0 Å². The van der Waals surface area contributed by atoms with Gasteiger partial charge in [0.05, 0.1) is 11.6 Å². The molecule has 110 valence electrons. The summed E-state index contributed by atoms with van der Waals surface area (Å²) in [5, 5.41) is 5.29. The number of ether oxygens (including phenoxy) is 2. The SMILES string of the molecule is COCCNC(=O)NC(=O)COc1ccc(Cl)cc1Cl. The third kappa shape index (κ3) is 6.10. The Kier molecular flexibility index (Phi) is 7.14. The van der Waals surface area contributed by atoms with Gasteiger partial charge in [-0.05, 0) is 18.2 Å². The zero-order valence-electron chi connectivity index (χ0n) is 10.7. The van der Waals surface area contributed by atoms with Crippen LogP contribution in [0.3, 0.4) is 0 Å². The van der Waals surface area contributed by atoms with Gasteiger partial charge in [-0.15, -0.1) is 0 Å². The third-order valence-corrected chi connectivity index (χ3v) is 2.63. The number of nitrogens with one attached hydrogen (secondary N) is 2. The molecule has 2 N–H and O–H groups in total. The smallest absolute Gasteiger partial charge is 0.321 e. The first-order valence-corrected chi connectivity index (χ1v) is 6.43. The normalized spacial score (nSPS) is 9.95. The van der Waals surface area contributed by atoms with Gasteiger partial charge in [0.15, 0.2) is 6.61 Å². The lowest BCUT2D eigenvalue weighted by atomic mass is 10.3. The highest BCUT2D eigenvalue weighted by Gasteiger charge is 2.09. The minimum absolute atomic E-state index is 0.287. The molecule has 0 bridgehead atoms. The predicted octanol–water partition coefficient (Wildman–Crippen LogP) is 1.84. The lowest BCUT2D eigenvalue weighted by Gasteiger charge is -2.09. The van der Waals surface area contributed by atoms with E-state index >= 15 is 0 Å². The van der Waals surface area contributed by atoms with Crippen molar-refractivity contribution in [1.82, 2.24) is 10.6 Å². The zero-order chi connectivity index (χ0) is 15.0. The number of amides is 3. The molecule has 0 fully saturated rings. The molecule has 1 aromatic carbocycles. The Labute approximate surface area is 126 Å². The van der Waals surface area contributed by atoms with Crippen LogP contribution in [0.25, 0.3) is 0 Å². The first-order chi connectivity index (χ1) is 9.52. The monoisotopic (exact) mass is 320 g/mol. The largest absolute Gasteiger partial charge is 0.482 e. The molecule has 0 aliphatic rings. The number of benzene rings is 1. The van der Waals surface area contributed by atoms with Gasteiger partial charge < -0.3 is 14.8 Å². The number of rotatable bonds is 6. The number of carbonyl (C=O) groups excluding carboxylic acids is 2. The van der Waals surface area contributed by atoms with Crippen LogP contribution in [0.4, 0.5) is 4.79 Å². The second-order valence-electron chi connectivity index (χ2n) is 3.66. The molecule has 0 aliphatic carbocycles. The maximum absolute atomic E-state index is 11.4. The van der Waals surface area contributed by atoms with Gasteiger partial charge >= 0.3 is 6.03 Å². The molecule has 6 nitrogen and oxygen atoms in total. The lowest BCUT2D eigenvalue weighted by Crippen LogP contribution is -2.42. The quantitative estimate of drug-likeness (QED) is 0.784. The maximum Gasteiger partial charge on any atom is 0.321 e. The summed E-state index contributed by atoms with van der Waals surface area (Å²) in [6.45, 7) is 0.330. The van der Waals surface area contributed by atoms with Crippen molar-refractivity contribution in [2.75, 3.05) is 26.9 Å². The molecule has 3 amide bonds. The molecule has 0 unspecified atom stereocenters. The van der Waals surface area contributed by atoms with Gasteiger partial charge in [-0.2, -0.15) is 0 Å². The molecule has 0 radical (unpaired) electrons. The van der Waals surface area contributed by atoms with Crippen molar-refractivity contribution in [3.63, 3.8) is 0 Å². The molecule has 1 rings (SSSR count). The Morgan fingerprint density at radius 3 is 2.70 bits per heavy atom. The highest BCUT2D eigenvalue weighted by atomic mass is 35.5. The van der Waals surface area contributed by atoms with Crippen LogP contribution in [0.5, 0.6) is 5.75 Å². The van der Waals surface area contributed by atoms with Crippen LogP contribution >= 0.6 is 23.2 Å². The Morgan fingerprint density at radius 1 is 1.30 bits per heavy atom. The highest BCUT2D eigenvalue weighted by Crippen LogP contribution is 2.27. The fourth-order valence-corrected chi connectivity index (χ4v) is 1.67. The van der Waals surface area contributed by atoms with E-state index in [2.05, 4.69) is 10.6 Å². The van der Waals surface area contributed by atoms with Gasteiger partial charge in [-0.3, -0.25) is 10.1 Å². The number of imide groups is 1. The molecule has 20 heavy (non-hydrogen) atoms. The van der Waals surface area contributed by atoms with Crippen molar-refractivity contribution in [2.24, 2.45) is 0 Å². The number of methoxy groups -OCH3 is 1. The first kappa shape index (κ1) is 16.6. The van der Waals surface area contributed by atoms with Crippen LogP contribution in [0.2, 0.25) is 10.0 Å². The van der Waals surface area contributed by atoms with Crippen LogP contribution in [0.15, 0.2) is 18.2 Å². The molecule has 0 heterocycles. The number of halogens is 2. The van der Waals surface area contributed by atoms with E-state index in [-0.39, 0.29) is 11.6 Å². The average molecular weight is 321 g/mol. The second-order valence-corrected chi connectivity index (χ2v) is 4.50. The lowest BCUT2D eigenvalue weighted by molar-refractivity contribution is -0.122. The number of hydrogen-bond acceptors (Lipinski definition) is 4. The van der Waals surface area contributed by atoms with E-state index < -0.39 is 11.9 Å². The van der Waals surface area contributed by atoms with Gasteiger partial charge in [-0.25, -0.2) is 4.79 Å². The van der Waals surface area contributed by atoms with Crippen LogP contribution in [0, 0.1) is 0 Å². The molecule has 0 atom stereocenters. The van der Waals surface area contributed by atoms with Crippen molar-refractivity contribution in [3.05, 3.63) is 28.2 Å². The molecule has 0 spiro atoms. The minimum atomic E-state index is -0.613. The van der Waals surface area contributed by atoms with E-state index in [0.29, 0.717) is 23.9 Å². The molecule has 0 aromatic heterocycles. The van der Waals surface area contributed by atoms with Crippen molar-refractivity contribution in [1.29, 1.82) is 0 Å². The van der Waals surface area contributed by atoms with Crippen LogP contribution in [-0.2, 0) is 9.53 Å². The van der Waals surface area contributed by atoms with Crippen LogP contribution in [0.1, 0.15) is 0 Å². The summed E-state index contributed by atoms with van der Waals surface area (Å²) < 4.78 is 9.92. The molecule has 0 saturated carbocycles. The molecule has 0 aliphatic heterocycles. The van der Waals surface area contributed by atoms with Crippen molar-refractivity contribution < 1.29 is 19.1 Å². The molecule has 8 heteroatoms. The maximum atomic E-state index is 11.4. The third-order valence-electron chi connectivity index (χ3n) is 2.10. The number of urea groups is 1. The molecular weight excluding hydrogens is 307 g/mol. The van der Waals surface area contributed by atoms with Crippen LogP contribution in [-0.4, -0.2) is 38.8 Å². The zero-order valence-corrected chi connectivity index (χ0v) is 12.3. The van der Waals surface area contributed by atoms with Gasteiger partial charge in [0, 0.05) is 18.7 Å². The Morgan fingerprint density at radius 2 is 2.05 bits per heavy atom.